The van der Waals surface area contributed by atoms with Crippen LogP contribution in [0, 0.1) is 16.7 Å². The second kappa shape index (κ2) is 5.93. The third-order valence-electron chi connectivity index (χ3n) is 3.31. The van der Waals surface area contributed by atoms with Gasteiger partial charge in [-0.25, -0.2) is 0 Å². The Balaban J connectivity index is 1.87. The summed E-state index contributed by atoms with van der Waals surface area (Å²) in [5.74, 6) is 1.86. The smallest absolute Gasteiger partial charge is 0.191 e. The molecule has 0 radical (unpaired) electrons. The Kier molecular flexibility index (Phi) is 4.48. The molecule has 19 heavy (non-hydrogen) atoms. The van der Waals surface area contributed by atoms with Crippen molar-refractivity contribution >= 4 is 11.8 Å². The Bertz CT molecular complexity index is 470. The van der Waals surface area contributed by atoms with Gasteiger partial charge in [0.1, 0.15) is 5.82 Å². The Morgan fingerprint density at radius 2 is 2.21 bits per heavy atom. The third-order valence-corrected chi connectivity index (χ3v) is 4.34. The molecule has 1 aliphatic rings. The topological polar surface area (TPSA) is 80.5 Å². The average molecular weight is 279 g/mol. The highest BCUT2D eigenvalue weighted by atomic mass is 32.2. The van der Waals surface area contributed by atoms with Crippen LogP contribution in [0.2, 0.25) is 0 Å². The predicted molar refractivity (Wildman–Crippen MR) is 75.5 cm³/mol. The molecule has 0 saturated heterocycles. The van der Waals surface area contributed by atoms with E-state index in [1.807, 2.05) is 13.8 Å². The fourth-order valence-electron chi connectivity index (χ4n) is 1.98. The Labute approximate surface area is 118 Å². The first-order valence-corrected chi connectivity index (χ1v) is 7.74. The fourth-order valence-corrected chi connectivity index (χ4v) is 2.94. The molecule has 0 spiro atoms. The quantitative estimate of drug-likeness (QED) is 0.612. The SMILES string of the molecule is CC(C)(C#N)CCCSc1nnc(CN)n1C1CC1. The van der Waals surface area contributed by atoms with Crippen molar-refractivity contribution in [2.24, 2.45) is 11.1 Å². The molecule has 1 heterocycles. The maximum absolute atomic E-state index is 8.97. The van der Waals surface area contributed by atoms with Crippen molar-refractivity contribution in [2.45, 2.75) is 57.3 Å². The standard InChI is InChI=1S/C13H21N5S/c1-13(2,9-15)6-3-7-19-12-17-16-11(8-14)18(12)10-4-5-10/h10H,3-8,14H2,1-2H3. The van der Waals surface area contributed by atoms with E-state index in [1.165, 1.54) is 12.8 Å². The molecule has 0 aromatic carbocycles. The fraction of sp³-hybridized carbons (Fsp3) is 0.769. The molecule has 2 rings (SSSR count). The van der Waals surface area contributed by atoms with Crippen molar-refractivity contribution in [1.82, 2.24) is 14.8 Å². The first-order chi connectivity index (χ1) is 9.07. The average Bonchev–Trinajstić information content (AvgIpc) is 3.15. The van der Waals surface area contributed by atoms with Crippen molar-refractivity contribution in [2.75, 3.05) is 5.75 Å². The number of nitrogens with two attached hydrogens (primary N) is 1. The Morgan fingerprint density at radius 1 is 1.47 bits per heavy atom. The molecule has 0 unspecified atom stereocenters. The molecule has 0 atom stereocenters. The van der Waals surface area contributed by atoms with Crippen LogP contribution < -0.4 is 5.73 Å². The largest absolute Gasteiger partial charge is 0.324 e. The maximum Gasteiger partial charge on any atom is 0.191 e. The van der Waals surface area contributed by atoms with E-state index >= 15 is 0 Å². The van der Waals surface area contributed by atoms with Crippen molar-refractivity contribution in [3.8, 4) is 6.07 Å². The summed E-state index contributed by atoms with van der Waals surface area (Å²) in [4.78, 5) is 0. The lowest BCUT2D eigenvalue weighted by Crippen LogP contribution is -2.09. The summed E-state index contributed by atoms with van der Waals surface area (Å²) in [5, 5.41) is 18.3. The zero-order valence-corrected chi connectivity index (χ0v) is 12.4. The highest BCUT2D eigenvalue weighted by molar-refractivity contribution is 7.99. The van der Waals surface area contributed by atoms with Crippen molar-refractivity contribution in [1.29, 1.82) is 5.26 Å². The van der Waals surface area contributed by atoms with Gasteiger partial charge in [0.25, 0.3) is 0 Å². The van der Waals surface area contributed by atoms with Crippen LogP contribution in [0.5, 0.6) is 0 Å². The number of hydrogen-bond donors (Lipinski definition) is 1. The van der Waals surface area contributed by atoms with E-state index in [1.54, 1.807) is 11.8 Å². The zero-order valence-electron chi connectivity index (χ0n) is 11.6. The lowest BCUT2D eigenvalue weighted by molar-refractivity contribution is 0.447. The number of nitriles is 1. The predicted octanol–water partition coefficient (Wildman–Crippen LogP) is 2.49. The third kappa shape index (κ3) is 3.71. The maximum atomic E-state index is 8.97. The van der Waals surface area contributed by atoms with Gasteiger partial charge in [0.2, 0.25) is 0 Å². The molecule has 1 aromatic heterocycles. The first-order valence-electron chi connectivity index (χ1n) is 6.75. The van der Waals surface area contributed by atoms with Gasteiger partial charge < -0.3 is 10.3 Å². The second-order valence-electron chi connectivity index (χ2n) is 5.65. The number of nitrogens with zero attached hydrogens (tertiary/aromatic N) is 4. The first kappa shape index (κ1) is 14.4. The summed E-state index contributed by atoms with van der Waals surface area (Å²) in [5.41, 5.74) is 5.46. The number of hydrogen-bond acceptors (Lipinski definition) is 5. The summed E-state index contributed by atoms with van der Waals surface area (Å²) in [6.07, 6.45) is 4.35. The van der Waals surface area contributed by atoms with Gasteiger partial charge in [0, 0.05) is 11.8 Å². The van der Waals surface area contributed by atoms with E-state index in [0.29, 0.717) is 12.6 Å². The second-order valence-corrected chi connectivity index (χ2v) is 6.71. The summed E-state index contributed by atoms with van der Waals surface area (Å²) in [6, 6.07) is 2.90. The van der Waals surface area contributed by atoms with Crippen molar-refractivity contribution in [3.05, 3.63) is 5.82 Å². The molecule has 1 saturated carbocycles. The van der Waals surface area contributed by atoms with Gasteiger partial charge in [-0.1, -0.05) is 11.8 Å². The molecule has 5 nitrogen and oxygen atoms in total. The molecule has 1 aromatic rings. The van der Waals surface area contributed by atoms with Crippen LogP contribution in [-0.2, 0) is 6.54 Å². The van der Waals surface area contributed by atoms with E-state index in [2.05, 4.69) is 20.8 Å². The van der Waals surface area contributed by atoms with Gasteiger partial charge in [-0.15, -0.1) is 10.2 Å². The normalized spacial score (nSPS) is 15.5. The highest BCUT2D eigenvalue weighted by Crippen LogP contribution is 2.38. The summed E-state index contributed by atoms with van der Waals surface area (Å²) in [6.45, 7) is 4.42. The Morgan fingerprint density at radius 3 is 2.79 bits per heavy atom. The highest BCUT2D eigenvalue weighted by Gasteiger charge is 2.29. The minimum atomic E-state index is -0.229. The van der Waals surface area contributed by atoms with Crippen LogP contribution in [-0.4, -0.2) is 20.5 Å². The van der Waals surface area contributed by atoms with E-state index in [4.69, 9.17) is 11.0 Å². The van der Waals surface area contributed by atoms with Gasteiger partial charge >= 0.3 is 0 Å². The van der Waals surface area contributed by atoms with Gasteiger partial charge in [-0.2, -0.15) is 5.26 Å². The van der Waals surface area contributed by atoms with Crippen molar-refractivity contribution in [3.63, 3.8) is 0 Å². The minimum absolute atomic E-state index is 0.229. The number of aromatic nitrogens is 3. The molecule has 0 bridgehead atoms. The summed E-state index contributed by atoms with van der Waals surface area (Å²) in [7, 11) is 0. The molecule has 0 aliphatic heterocycles. The van der Waals surface area contributed by atoms with Gasteiger partial charge in [0.05, 0.1) is 18.0 Å². The molecular weight excluding hydrogens is 258 g/mol. The lowest BCUT2D eigenvalue weighted by Gasteiger charge is -2.14. The van der Waals surface area contributed by atoms with Crippen LogP contribution >= 0.6 is 11.8 Å². The van der Waals surface area contributed by atoms with E-state index in [9.17, 15) is 0 Å². The van der Waals surface area contributed by atoms with Crippen LogP contribution in [0.15, 0.2) is 5.16 Å². The monoisotopic (exact) mass is 279 g/mol. The van der Waals surface area contributed by atoms with Crippen LogP contribution in [0.3, 0.4) is 0 Å². The van der Waals surface area contributed by atoms with Gasteiger partial charge in [-0.05, 0) is 39.5 Å². The van der Waals surface area contributed by atoms with Crippen molar-refractivity contribution < 1.29 is 0 Å². The molecule has 1 fully saturated rings. The minimum Gasteiger partial charge on any atom is -0.324 e. The molecule has 1 aliphatic carbocycles. The molecule has 2 N–H and O–H groups in total. The number of rotatable bonds is 7. The van der Waals surface area contributed by atoms with Crippen LogP contribution in [0.4, 0.5) is 0 Å². The van der Waals surface area contributed by atoms with E-state index in [-0.39, 0.29) is 5.41 Å². The summed E-state index contributed by atoms with van der Waals surface area (Å²) < 4.78 is 2.19. The van der Waals surface area contributed by atoms with Crippen LogP contribution in [0.25, 0.3) is 0 Å². The molecule has 6 heteroatoms. The lowest BCUT2D eigenvalue weighted by atomic mass is 9.90. The summed E-state index contributed by atoms with van der Waals surface area (Å²) >= 11 is 1.73. The van der Waals surface area contributed by atoms with E-state index < -0.39 is 0 Å². The molecule has 0 amide bonds. The van der Waals surface area contributed by atoms with Gasteiger partial charge in [0.15, 0.2) is 5.16 Å². The molecule has 104 valence electrons. The van der Waals surface area contributed by atoms with E-state index in [0.717, 1.165) is 29.6 Å². The number of thioether (sulfide) groups is 1. The van der Waals surface area contributed by atoms with Crippen LogP contribution in [0.1, 0.15) is 51.4 Å². The Hall–Kier alpha value is -1.06. The molecular formula is C13H21N5S. The zero-order chi connectivity index (χ0) is 13.9. The van der Waals surface area contributed by atoms with Gasteiger partial charge in [-0.3, -0.25) is 0 Å².